The third-order valence-corrected chi connectivity index (χ3v) is 3.43. The van der Waals surface area contributed by atoms with Gasteiger partial charge < -0.3 is 4.98 Å². The SMILES string of the molecule is O=C1CCCCCN1C(=O)Nc1nc2ccccc2[nH]1. The summed E-state index contributed by atoms with van der Waals surface area (Å²) in [5.41, 5.74) is 1.63. The highest BCUT2D eigenvalue weighted by Gasteiger charge is 2.23. The zero-order chi connectivity index (χ0) is 13.9. The number of imidazole rings is 1. The topological polar surface area (TPSA) is 78.1 Å². The van der Waals surface area contributed by atoms with Crippen LogP contribution in [0.15, 0.2) is 24.3 Å². The van der Waals surface area contributed by atoms with E-state index in [0.29, 0.717) is 18.9 Å². The van der Waals surface area contributed by atoms with Crippen LogP contribution in [-0.4, -0.2) is 33.4 Å². The van der Waals surface area contributed by atoms with Gasteiger partial charge >= 0.3 is 6.03 Å². The van der Waals surface area contributed by atoms with Crippen molar-refractivity contribution >= 4 is 28.9 Å². The Labute approximate surface area is 116 Å². The van der Waals surface area contributed by atoms with Crippen LogP contribution in [0.4, 0.5) is 10.7 Å². The second-order valence-electron chi connectivity index (χ2n) is 4.89. The molecule has 6 nitrogen and oxygen atoms in total. The third-order valence-electron chi connectivity index (χ3n) is 3.43. The largest absolute Gasteiger partial charge is 0.330 e. The fourth-order valence-electron chi connectivity index (χ4n) is 2.38. The Morgan fingerprint density at radius 1 is 1.25 bits per heavy atom. The molecule has 0 unspecified atom stereocenters. The number of anilines is 1. The maximum Gasteiger partial charge on any atom is 0.330 e. The molecule has 3 rings (SSSR count). The van der Waals surface area contributed by atoms with Crippen LogP contribution in [0.3, 0.4) is 0 Å². The molecule has 1 aliphatic heterocycles. The van der Waals surface area contributed by atoms with Gasteiger partial charge in [0.15, 0.2) is 0 Å². The predicted molar refractivity (Wildman–Crippen MR) is 75.3 cm³/mol. The molecule has 2 N–H and O–H groups in total. The molecule has 1 saturated heterocycles. The van der Waals surface area contributed by atoms with Crippen LogP contribution in [0.25, 0.3) is 11.0 Å². The summed E-state index contributed by atoms with van der Waals surface area (Å²) < 4.78 is 0. The van der Waals surface area contributed by atoms with Gasteiger partial charge in [-0.3, -0.25) is 15.0 Å². The summed E-state index contributed by atoms with van der Waals surface area (Å²) >= 11 is 0. The van der Waals surface area contributed by atoms with Crippen molar-refractivity contribution in [1.82, 2.24) is 14.9 Å². The first kappa shape index (κ1) is 12.7. The van der Waals surface area contributed by atoms with Crippen molar-refractivity contribution in [2.24, 2.45) is 0 Å². The van der Waals surface area contributed by atoms with Crippen molar-refractivity contribution in [3.63, 3.8) is 0 Å². The van der Waals surface area contributed by atoms with Crippen LogP contribution >= 0.6 is 0 Å². The minimum absolute atomic E-state index is 0.115. The van der Waals surface area contributed by atoms with E-state index < -0.39 is 6.03 Å². The fraction of sp³-hybridized carbons (Fsp3) is 0.357. The highest BCUT2D eigenvalue weighted by atomic mass is 16.2. The van der Waals surface area contributed by atoms with Gasteiger partial charge in [-0.25, -0.2) is 9.78 Å². The lowest BCUT2D eigenvalue weighted by Gasteiger charge is -2.17. The summed E-state index contributed by atoms with van der Waals surface area (Å²) in [6.07, 6.45) is 3.14. The molecule has 20 heavy (non-hydrogen) atoms. The highest BCUT2D eigenvalue weighted by Crippen LogP contribution is 2.15. The number of carbonyl (C=O) groups is 2. The molecule has 1 fully saturated rings. The number of benzene rings is 1. The van der Waals surface area contributed by atoms with E-state index in [-0.39, 0.29) is 5.91 Å². The van der Waals surface area contributed by atoms with E-state index in [1.807, 2.05) is 24.3 Å². The quantitative estimate of drug-likeness (QED) is 0.837. The Morgan fingerprint density at radius 2 is 2.10 bits per heavy atom. The van der Waals surface area contributed by atoms with E-state index in [9.17, 15) is 9.59 Å². The van der Waals surface area contributed by atoms with E-state index >= 15 is 0 Å². The van der Waals surface area contributed by atoms with Gasteiger partial charge in [-0.05, 0) is 25.0 Å². The molecule has 0 bridgehead atoms. The van der Waals surface area contributed by atoms with Crippen LogP contribution in [0.2, 0.25) is 0 Å². The molecule has 2 heterocycles. The number of imide groups is 1. The molecule has 0 atom stereocenters. The fourth-order valence-corrected chi connectivity index (χ4v) is 2.38. The Morgan fingerprint density at radius 3 is 2.95 bits per heavy atom. The van der Waals surface area contributed by atoms with Crippen molar-refractivity contribution in [3.8, 4) is 0 Å². The summed E-state index contributed by atoms with van der Waals surface area (Å²) in [6, 6.07) is 7.11. The molecule has 3 amide bonds. The summed E-state index contributed by atoms with van der Waals surface area (Å²) in [4.78, 5) is 32.6. The number of aromatic nitrogens is 2. The Kier molecular flexibility index (Phi) is 3.37. The van der Waals surface area contributed by atoms with E-state index in [1.165, 1.54) is 4.90 Å². The summed E-state index contributed by atoms with van der Waals surface area (Å²) in [5, 5.41) is 2.66. The molecule has 0 spiro atoms. The zero-order valence-corrected chi connectivity index (χ0v) is 11.1. The molecule has 6 heteroatoms. The Balaban J connectivity index is 1.75. The molecule has 0 saturated carbocycles. The average Bonchev–Trinajstić information content (AvgIpc) is 2.71. The van der Waals surface area contributed by atoms with Gasteiger partial charge in [0.25, 0.3) is 0 Å². The first-order chi connectivity index (χ1) is 9.74. The first-order valence-electron chi connectivity index (χ1n) is 6.80. The van der Waals surface area contributed by atoms with E-state index in [0.717, 1.165) is 30.3 Å². The van der Waals surface area contributed by atoms with Gasteiger partial charge in [-0.2, -0.15) is 0 Å². The summed E-state index contributed by atoms with van der Waals surface area (Å²) in [5.74, 6) is 0.254. The monoisotopic (exact) mass is 272 g/mol. The van der Waals surface area contributed by atoms with Crippen LogP contribution in [0, 0.1) is 0 Å². The molecule has 0 radical (unpaired) electrons. The number of nitrogens with one attached hydrogen (secondary N) is 2. The van der Waals surface area contributed by atoms with E-state index in [4.69, 9.17) is 0 Å². The number of para-hydroxylation sites is 2. The molecular formula is C14H16N4O2. The van der Waals surface area contributed by atoms with Gasteiger partial charge in [0.05, 0.1) is 11.0 Å². The summed E-state index contributed by atoms with van der Waals surface area (Å²) in [6.45, 7) is 0.477. The van der Waals surface area contributed by atoms with E-state index in [1.54, 1.807) is 0 Å². The van der Waals surface area contributed by atoms with Gasteiger partial charge in [0, 0.05) is 13.0 Å². The second kappa shape index (κ2) is 5.32. The van der Waals surface area contributed by atoms with Crippen LogP contribution in [-0.2, 0) is 4.79 Å². The number of aromatic amines is 1. The van der Waals surface area contributed by atoms with Crippen molar-refractivity contribution in [3.05, 3.63) is 24.3 Å². The lowest BCUT2D eigenvalue weighted by molar-refractivity contribution is -0.127. The van der Waals surface area contributed by atoms with Gasteiger partial charge in [-0.1, -0.05) is 18.6 Å². The van der Waals surface area contributed by atoms with E-state index in [2.05, 4.69) is 15.3 Å². The number of nitrogens with zero attached hydrogens (tertiary/aromatic N) is 2. The minimum atomic E-state index is -0.407. The maximum absolute atomic E-state index is 12.1. The molecular weight excluding hydrogens is 256 g/mol. The number of H-pyrrole nitrogens is 1. The smallest absolute Gasteiger partial charge is 0.324 e. The molecule has 1 aromatic heterocycles. The molecule has 0 aliphatic carbocycles. The van der Waals surface area contributed by atoms with Gasteiger partial charge in [-0.15, -0.1) is 0 Å². The average molecular weight is 272 g/mol. The molecule has 1 aromatic carbocycles. The van der Waals surface area contributed by atoms with Gasteiger partial charge in [0.1, 0.15) is 0 Å². The number of urea groups is 1. The zero-order valence-electron chi connectivity index (χ0n) is 11.1. The van der Waals surface area contributed by atoms with Crippen LogP contribution < -0.4 is 5.32 Å². The minimum Gasteiger partial charge on any atom is -0.324 e. The number of fused-ring (bicyclic) bond motifs is 1. The molecule has 2 aromatic rings. The number of rotatable bonds is 1. The van der Waals surface area contributed by atoms with Crippen molar-refractivity contribution in [2.75, 3.05) is 11.9 Å². The Hall–Kier alpha value is -2.37. The number of carbonyl (C=O) groups excluding carboxylic acids is 2. The van der Waals surface area contributed by atoms with Crippen LogP contribution in [0.5, 0.6) is 0 Å². The standard InChI is InChI=1S/C14H16N4O2/c19-12-8-2-1-5-9-18(12)14(20)17-13-15-10-6-3-4-7-11(10)16-13/h3-4,6-7H,1-2,5,8-9H2,(H2,15,16,17,20). The second-order valence-corrected chi connectivity index (χ2v) is 4.89. The lowest BCUT2D eigenvalue weighted by atomic mass is 10.2. The number of hydrogen-bond acceptors (Lipinski definition) is 3. The first-order valence-corrected chi connectivity index (χ1v) is 6.80. The molecule has 104 valence electrons. The lowest BCUT2D eigenvalue weighted by Crippen LogP contribution is -2.39. The van der Waals surface area contributed by atoms with Crippen molar-refractivity contribution in [1.29, 1.82) is 0 Å². The molecule has 1 aliphatic rings. The third kappa shape index (κ3) is 2.49. The number of likely N-dealkylation sites (tertiary alicyclic amines) is 1. The van der Waals surface area contributed by atoms with Gasteiger partial charge in [0.2, 0.25) is 11.9 Å². The summed E-state index contributed by atoms with van der Waals surface area (Å²) in [7, 11) is 0. The number of amides is 3. The van der Waals surface area contributed by atoms with Crippen molar-refractivity contribution in [2.45, 2.75) is 25.7 Å². The Bertz CT molecular complexity index is 616. The highest BCUT2D eigenvalue weighted by molar-refractivity contribution is 6.01. The number of hydrogen-bond donors (Lipinski definition) is 2. The van der Waals surface area contributed by atoms with Crippen molar-refractivity contribution < 1.29 is 9.59 Å². The maximum atomic E-state index is 12.1. The normalized spacial score (nSPS) is 16.2. The van der Waals surface area contributed by atoms with Crippen LogP contribution in [0.1, 0.15) is 25.7 Å². The predicted octanol–water partition coefficient (Wildman–Crippen LogP) is 2.50.